The van der Waals surface area contributed by atoms with Crippen LogP contribution in [0, 0.1) is 0 Å². The van der Waals surface area contributed by atoms with Crippen LogP contribution in [0.15, 0.2) is 23.1 Å². The average molecular weight is 454 g/mol. The van der Waals surface area contributed by atoms with E-state index in [2.05, 4.69) is 10.1 Å². The van der Waals surface area contributed by atoms with E-state index >= 15 is 0 Å². The second-order valence-corrected chi connectivity index (χ2v) is 8.93. The predicted molar refractivity (Wildman–Crippen MR) is 109 cm³/mol. The summed E-state index contributed by atoms with van der Waals surface area (Å²) >= 11 is 17.4. The molecule has 0 saturated carbocycles. The molecule has 0 atom stereocenters. The maximum absolute atomic E-state index is 12.9. The van der Waals surface area contributed by atoms with E-state index < -0.39 is 10.0 Å². The third kappa shape index (κ3) is 5.68. The van der Waals surface area contributed by atoms with Crippen molar-refractivity contribution in [1.82, 2.24) is 14.5 Å². The Hall–Kier alpha value is -1.13. The van der Waals surface area contributed by atoms with Gasteiger partial charge in [-0.15, -0.1) is 0 Å². The molecule has 0 radical (unpaired) electrons. The molecular formula is C16H21Cl2N3O4S2. The van der Waals surface area contributed by atoms with Crippen LogP contribution in [-0.4, -0.2) is 68.5 Å². The van der Waals surface area contributed by atoms with Crippen LogP contribution in [0.25, 0.3) is 0 Å². The van der Waals surface area contributed by atoms with Crippen molar-refractivity contribution < 1.29 is 17.9 Å². The second kappa shape index (κ2) is 9.88. The lowest BCUT2D eigenvalue weighted by Crippen LogP contribution is -2.53. The smallest absolute Gasteiger partial charge is 0.305 e. The summed E-state index contributed by atoms with van der Waals surface area (Å²) in [4.78, 5) is 12.9. The van der Waals surface area contributed by atoms with E-state index in [9.17, 15) is 13.2 Å². The van der Waals surface area contributed by atoms with Gasteiger partial charge in [-0.3, -0.25) is 4.79 Å². The molecule has 1 aromatic rings. The van der Waals surface area contributed by atoms with Gasteiger partial charge in [-0.25, -0.2) is 8.42 Å². The first-order chi connectivity index (χ1) is 12.8. The largest absolute Gasteiger partial charge is 0.469 e. The lowest BCUT2D eigenvalue weighted by Gasteiger charge is -2.35. The number of hydrogen-bond acceptors (Lipinski definition) is 5. The number of carbonyl (C=O) groups excluding carboxylic acids is 1. The number of rotatable bonds is 6. The number of piperazine rings is 1. The number of halogens is 2. The van der Waals surface area contributed by atoms with E-state index in [1.54, 1.807) is 6.07 Å². The Bertz CT molecular complexity index is 777. The third-order valence-corrected chi connectivity index (χ3v) is 7.36. The van der Waals surface area contributed by atoms with E-state index in [1.807, 2.05) is 4.90 Å². The monoisotopic (exact) mass is 453 g/mol. The van der Waals surface area contributed by atoms with Gasteiger partial charge in [0.25, 0.3) is 0 Å². The van der Waals surface area contributed by atoms with Crippen LogP contribution in [0.3, 0.4) is 0 Å². The second-order valence-electron chi connectivity index (χ2n) is 5.85. The summed E-state index contributed by atoms with van der Waals surface area (Å²) in [5.74, 6) is -0.264. The van der Waals surface area contributed by atoms with Gasteiger partial charge in [0, 0.05) is 39.1 Å². The minimum Gasteiger partial charge on any atom is -0.469 e. The van der Waals surface area contributed by atoms with E-state index in [4.69, 9.17) is 35.4 Å². The van der Waals surface area contributed by atoms with Crippen molar-refractivity contribution in [2.24, 2.45) is 0 Å². The molecule has 11 heteroatoms. The van der Waals surface area contributed by atoms with Gasteiger partial charge in [0.15, 0.2) is 5.11 Å². The molecule has 1 aromatic carbocycles. The van der Waals surface area contributed by atoms with Gasteiger partial charge in [-0.2, -0.15) is 4.31 Å². The lowest BCUT2D eigenvalue weighted by molar-refractivity contribution is -0.140. The lowest BCUT2D eigenvalue weighted by atomic mass is 10.3. The highest BCUT2D eigenvalue weighted by Gasteiger charge is 2.32. The van der Waals surface area contributed by atoms with Gasteiger partial charge >= 0.3 is 5.97 Å². The Balaban J connectivity index is 1.89. The van der Waals surface area contributed by atoms with Crippen LogP contribution in [-0.2, 0) is 19.6 Å². The summed E-state index contributed by atoms with van der Waals surface area (Å²) in [6.45, 7) is 1.98. The number of nitrogens with zero attached hydrogens (tertiary/aromatic N) is 2. The van der Waals surface area contributed by atoms with Crippen molar-refractivity contribution in [1.29, 1.82) is 0 Å². The predicted octanol–water partition coefficient (Wildman–Crippen LogP) is 2.13. The van der Waals surface area contributed by atoms with Gasteiger partial charge in [-0.05, 0) is 30.8 Å². The van der Waals surface area contributed by atoms with Crippen molar-refractivity contribution >= 4 is 56.5 Å². The molecule has 0 amide bonds. The van der Waals surface area contributed by atoms with E-state index in [-0.39, 0.29) is 34.0 Å². The third-order valence-electron chi connectivity index (χ3n) is 4.10. The topological polar surface area (TPSA) is 79.0 Å². The van der Waals surface area contributed by atoms with Crippen LogP contribution in [0.1, 0.15) is 12.8 Å². The average Bonchev–Trinajstić information content (AvgIpc) is 2.64. The molecule has 150 valence electrons. The quantitative estimate of drug-likeness (QED) is 0.401. The molecule has 0 bridgehead atoms. The van der Waals surface area contributed by atoms with Gasteiger partial charge in [0.05, 0.1) is 17.2 Å². The first kappa shape index (κ1) is 22.2. The van der Waals surface area contributed by atoms with Gasteiger partial charge < -0.3 is 15.0 Å². The molecule has 2 rings (SSSR count). The Morgan fingerprint density at radius 2 is 1.81 bits per heavy atom. The van der Waals surface area contributed by atoms with Crippen molar-refractivity contribution in [3.8, 4) is 0 Å². The number of hydrogen-bond donors (Lipinski definition) is 1. The summed E-state index contributed by atoms with van der Waals surface area (Å²) in [7, 11) is -2.43. The molecule has 1 saturated heterocycles. The first-order valence-corrected chi connectivity index (χ1v) is 10.9. The van der Waals surface area contributed by atoms with Gasteiger partial charge in [-0.1, -0.05) is 29.3 Å². The normalized spacial score (nSPS) is 15.4. The highest BCUT2D eigenvalue weighted by atomic mass is 35.5. The minimum absolute atomic E-state index is 0.0645. The zero-order valence-electron chi connectivity index (χ0n) is 14.8. The van der Waals surface area contributed by atoms with Crippen LogP contribution in [0.2, 0.25) is 10.0 Å². The Kier molecular flexibility index (Phi) is 8.11. The number of nitrogens with one attached hydrogen (secondary N) is 1. The zero-order valence-corrected chi connectivity index (χ0v) is 17.9. The van der Waals surface area contributed by atoms with Crippen molar-refractivity contribution in [3.63, 3.8) is 0 Å². The molecular weight excluding hydrogens is 433 g/mol. The van der Waals surface area contributed by atoms with Crippen LogP contribution in [0.4, 0.5) is 0 Å². The number of esters is 1. The highest BCUT2D eigenvalue weighted by molar-refractivity contribution is 7.89. The Morgan fingerprint density at radius 3 is 2.37 bits per heavy atom. The number of thiocarbonyl (C=S) groups is 1. The van der Waals surface area contributed by atoms with Crippen molar-refractivity contribution in [3.05, 3.63) is 28.2 Å². The number of methoxy groups -OCH3 is 1. The molecule has 1 fully saturated rings. The molecule has 7 nitrogen and oxygen atoms in total. The van der Waals surface area contributed by atoms with Gasteiger partial charge in [0.1, 0.15) is 4.90 Å². The Morgan fingerprint density at radius 1 is 1.22 bits per heavy atom. The first-order valence-electron chi connectivity index (χ1n) is 8.31. The standard InChI is InChI=1S/C16H21Cl2N3O4S2/c1-25-14(22)6-3-7-19-16(26)20-8-10-21(11-9-20)27(23,24)15-12(17)4-2-5-13(15)18/h2,4-5H,3,6-11H2,1H3,(H,19,26). The van der Waals surface area contributed by atoms with Crippen LogP contribution < -0.4 is 5.32 Å². The molecule has 27 heavy (non-hydrogen) atoms. The summed E-state index contributed by atoms with van der Waals surface area (Å²) in [5, 5.41) is 3.82. The molecule has 1 aliphatic heterocycles. The van der Waals surface area contributed by atoms with Crippen LogP contribution in [0.5, 0.6) is 0 Å². The summed E-state index contributed by atoms with van der Waals surface area (Å²) in [6.07, 6.45) is 0.920. The fourth-order valence-electron chi connectivity index (χ4n) is 2.63. The zero-order chi connectivity index (χ0) is 20.0. The summed E-state index contributed by atoms with van der Waals surface area (Å²) in [6, 6.07) is 4.61. The highest BCUT2D eigenvalue weighted by Crippen LogP contribution is 2.31. The number of sulfonamides is 1. The minimum atomic E-state index is -3.78. The van der Waals surface area contributed by atoms with Crippen molar-refractivity contribution in [2.45, 2.75) is 17.7 Å². The molecule has 1 heterocycles. The molecule has 1 N–H and O–H groups in total. The van der Waals surface area contributed by atoms with Crippen molar-refractivity contribution in [2.75, 3.05) is 39.8 Å². The van der Waals surface area contributed by atoms with Gasteiger partial charge in [0.2, 0.25) is 10.0 Å². The molecule has 0 spiro atoms. The molecule has 1 aliphatic rings. The number of carbonyl (C=O) groups is 1. The van der Waals surface area contributed by atoms with E-state index in [0.717, 1.165) is 0 Å². The fraction of sp³-hybridized carbons (Fsp3) is 0.500. The molecule has 0 aliphatic carbocycles. The van der Waals surface area contributed by atoms with E-state index in [1.165, 1.54) is 23.5 Å². The number of ether oxygens (including phenoxy) is 1. The van der Waals surface area contributed by atoms with Crippen LogP contribution >= 0.6 is 35.4 Å². The summed E-state index contributed by atoms with van der Waals surface area (Å²) in [5.41, 5.74) is 0. The maximum atomic E-state index is 12.9. The fourth-order valence-corrected chi connectivity index (χ4v) is 5.43. The SMILES string of the molecule is COC(=O)CCCNC(=S)N1CCN(S(=O)(=O)c2c(Cl)cccc2Cl)CC1. The maximum Gasteiger partial charge on any atom is 0.305 e. The Labute approximate surface area is 174 Å². The number of benzene rings is 1. The molecule has 0 unspecified atom stereocenters. The summed E-state index contributed by atoms with van der Waals surface area (Å²) < 4.78 is 31.6. The molecule has 0 aromatic heterocycles. The van der Waals surface area contributed by atoms with E-state index in [0.29, 0.717) is 37.6 Å².